The fraction of sp³-hybridized carbons (Fsp3) is 0.900. The summed E-state index contributed by atoms with van der Waals surface area (Å²) in [6.07, 6.45) is 2.32. The van der Waals surface area contributed by atoms with Crippen molar-refractivity contribution < 1.29 is 4.79 Å². The molecule has 3 aliphatic carbocycles. The predicted octanol–water partition coefficient (Wildman–Crippen LogP) is 2.26. The second kappa shape index (κ2) is 1.88. The van der Waals surface area contributed by atoms with Crippen LogP contribution in [0.3, 0.4) is 0 Å². The largest absolute Gasteiger partial charge is 0.299 e. The molecule has 0 spiro atoms. The fourth-order valence-corrected chi connectivity index (χ4v) is 2.79. The number of carbonyl (C=O) groups excluding carboxylic acids is 1. The lowest BCUT2D eigenvalue weighted by Crippen LogP contribution is -2.55. The van der Waals surface area contributed by atoms with Gasteiger partial charge in [0.1, 0.15) is 5.78 Å². The van der Waals surface area contributed by atoms with Crippen LogP contribution < -0.4 is 0 Å². The van der Waals surface area contributed by atoms with Gasteiger partial charge in [0.2, 0.25) is 0 Å². The zero-order chi connectivity index (χ0) is 8.22. The van der Waals surface area contributed by atoms with Crippen LogP contribution in [0.4, 0.5) is 0 Å². The molecule has 2 bridgehead atoms. The fourth-order valence-electron chi connectivity index (χ4n) is 2.79. The van der Waals surface area contributed by atoms with Gasteiger partial charge in [0, 0.05) is 11.8 Å². The van der Waals surface area contributed by atoms with Crippen LogP contribution in [0.5, 0.6) is 0 Å². The molecule has 0 amide bonds. The zero-order valence-corrected chi connectivity index (χ0v) is 7.55. The standard InChI is InChI=1S/C10H16O/c1-6-4-7-5-8(9(6)11)10(7,2)3/h6-8H,4-5H2,1-3H3/t6-,7-,8?/m1/s1. The topological polar surface area (TPSA) is 17.1 Å². The number of ketones is 1. The minimum atomic E-state index is 0.337. The van der Waals surface area contributed by atoms with Gasteiger partial charge in [-0.2, -0.15) is 0 Å². The van der Waals surface area contributed by atoms with Crippen molar-refractivity contribution in [3.8, 4) is 0 Å². The summed E-state index contributed by atoms with van der Waals surface area (Å²) in [5.41, 5.74) is 0.337. The molecule has 3 atom stereocenters. The van der Waals surface area contributed by atoms with Crippen LogP contribution in [-0.4, -0.2) is 5.78 Å². The normalized spacial score (nSPS) is 46.8. The molecule has 3 saturated carbocycles. The smallest absolute Gasteiger partial charge is 0.139 e. The Morgan fingerprint density at radius 3 is 2.36 bits per heavy atom. The van der Waals surface area contributed by atoms with E-state index in [4.69, 9.17) is 0 Å². The van der Waals surface area contributed by atoms with E-state index in [0.717, 1.165) is 12.3 Å². The van der Waals surface area contributed by atoms with Crippen LogP contribution in [0.15, 0.2) is 0 Å². The highest BCUT2D eigenvalue weighted by Crippen LogP contribution is 2.58. The van der Waals surface area contributed by atoms with Gasteiger partial charge in [-0.25, -0.2) is 0 Å². The van der Waals surface area contributed by atoms with Gasteiger partial charge < -0.3 is 0 Å². The summed E-state index contributed by atoms with van der Waals surface area (Å²) in [5.74, 6) is 2.11. The molecule has 1 unspecified atom stereocenters. The Morgan fingerprint density at radius 2 is 2.00 bits per heavy atom. The van der Waals surface area contributed by atoms with Crippen LogP contribution in [0.25, 0.3) is 0 Å². The van der Waals surface area contributed by atoms with E-state index in [0.29, 0.717) is 23.0 Å². The molecule has 62 valence electrons. The first kappa shape index (κ1) is 7.33. The summed E-state index contributed by atoms with van der Waals surface area (Å²) < 4.78 is 0. The highest BCUT2D eigenvalue weighted by molar-refractivity contribution is 5.86. The first-order valence-electron chi connectivity index (χ1n) is 4.57. The third-order valence-corrected chi connectivity index (χ3v) is 3.94. The van der Waals surface area contributed by atoms with Crippen molar-refractivity contribution in [2.75, 3.05) is 0 Å². The first-order valence-corrected chi connectivity index (χ1v) is 4.57. The second-order valence-electron chi connectivity index (χ2n) is 4.85. The van der Waals surface area contributed by atoms with Gasteiger partial charge in [0.15, 0.2) is 0 Å². The van der Waals surface area contributed by atoms with Crippen LogP contribution in [0, 0.1) is 23.2 Å². The number of rotatable bonds is 0. The molecule has 1 nitrogen and oxygen atoms in total. The summed E-state index contributed by atoms with van der Waals surface area (Å²) >= 11 is 0. The van der Waals surface area contributed by atoms with E-state index >= 15 is 0 Å². The van der Waals surface area contributed by atoms with E-state index in [2.05, 4.69) is 20.8 Å². The maximum Gasteiger partial charge on any atom is 0.139 e. The lowest BCUT2D eigenvalue weighted by atomic mass is 9.46. The minimum Gasteiger partial charge on any atom is -0.299 e. The average Bonchev–Trinajstić information content (AvgIpc) is 1.93. The molecule has 0 radical (unpaired) electrons. The van der Waals surface area contributed by atoms with Crippen molar-refractivity contribution in [3.63, 3.8) is 0 Å². The lowest BCUT2D eigenvalue weighted by Gasteiger charge is -2.57. The molecule has 3 fully saturated rings. The molecule has 11 heavy (non-hydrogen) atoms. The molecule has 0 aromatic carbocycles. The van der Waals surface area contributed by atoms with E-state index in [1.165, 1.54) is 6.42 Å². The Bertz CT molecular complexity index is 205. The summed E-state index contributed by atoms with van der Waals surface area (Å²) in [7, 11) is 0. The number of fused-ring (bicyclic) bond motifs is 2. The van der Waals surface area contributed by atoms with Gasteiger partial charge >= 0.3 is 0 Å². The van der Waals surface area contributed by atoms with E-state index in [9.17, 15) is 4.79 Å². The molecule has 1 heteroatoms. The van der Waals surface area contributed by atoms with Gasteiger partial charge in [-0.1, -0.05) is 20.8 Å². The second-order valence-corrected chi connectivity index (χ2v) is 4.85. The summed E-state index contributed by atoms with van der Waals surface area (Å²) in [4.78, 5) is 11.6. The Morgan fingerprint density at radius 1 is 1.36 bits per heavy atom. The first-order chi connectivity index (χ1) is 5.03. The van der Waals surface area contributed by atoms with E-state index in [-0.39, 0.29) is 0 Å². The monoisotopic (exact) mass is 152 g/mol. The molecule has 0 aromatic rings. The van der Waals surface area contributed by atoms with Crippen LogP contribution in [-0.2, 0) is 4.79 Å². The van der Waals surface area contributed by atoms with Gasteiger partial charge in [-0.05, 0) is 24.2 Å². The van der Waals surface area contributed by atoms with Crippen LogP contribution in [0.1, 0.15) is 33.6 Å². The summed E-state index contributed by atoms with van der Waals surface area (Å²) in [6, 6.07) is 0. The molecule has 0 aromatic heterocycles. The molecule has 3 aliphatic rings. The Hall–Kier alpha value is -0.330. The van der Waals surface area contributed by atoms with Gasteiger partial charge in [0.25, 0.3) is 0 Å². The average molecular weight is 152 g/mol. The van der Waals surface area contributed by atoms with Gasteiger partial charge in [-0.15, -0.1) is 0 Å². The maximum atomic E-state index is 11.6. The maximum absolute atomic E-state index is 11.6. The number of Topliss-reactive ketones (excluding diaryl/α,β-unsaturated/α-hetero) is 1. The number of carbonyl (C=O) groups is 1. The SMILES string of the molecule is C[C@@H]1C[C@@H]2CC(C1=O)C2(C)C. The number of hydrogen-bond acceptors (Lipinski definition) is 1. The number of hydrogen-bond donors (Lipinski definition) is 0. The Balaban J connectivity index is 2.23. The molecule has 0 heterocycles. The zero-order valence-electron chi connectivity index (χ0n) is 7.55. The molecular weight excluding hydrogens is 136 g/mol. The Labute approximate surface area is 68.2 Å². The van der Waals surface area contributed by atoms with Crippen molar-refractivity contribution >= 4 is 5.78 Å². The van der Waals surface area contributed by atoms with Crippen molar-refractivity contribution in [1.82, 2.24) is 0 Å². The summed E-state index contributed by atoms with van der Waals surface area (Å²) in [5, 5.41) is 0. The third-order valence-electron chi connectivity index (χ3n) is 3.94. The van der Waals surface area contributed by atoms with Crippen molar-refractivity contribution in [2.45, 2.75) is 33.6 Å². The van der Waals surface area contributed by atoms with Crippen LogP contribution >= 0.6 is 0 Å². The molecular formula is C10H16O. The lowest BCUT2D eigenvalue weighted by molar-refractivity contribution is -0.155. The van der Waals surface area contributed by atoms with E-state index in [1.807, 2.05) is 0 Å². The predicted molar refractivity (Wildman–Crippen MR) is 44.2 cm³/mol. The molecule has 0 aliphatic heterocycles. The van der Waals surface area contributed by atoms with Crippen molar-refractivity contribution in [3.05, 3.63) is 0 Å². The third kappa shape index (κ3) is 0.743. The van der Waals surface area contributed by atoms with Gasteiger partial charge in [-0.3, -0.25) is 4.79 Å². The van der Waals surface area contributed by atoms with E-state index < -0.39 is 0 Å². The van der Waals surface area contributed by atoms with Crippen LogP contribution in [0.2, 0.25) is 0 Å². The molecule has 3 rings (SSSR count). The molecule has 0 N–H and O–H groups in total. The van der Waals surface area contributed by atoms with Gasteiger partial charge in [0.05, 0.1) is 0 Å². The minimum absolute atomic E-state index is 0.337. The quantitative estimate of drug-likeness (QED) is 0.520. The van der Waals surface area contributed by atoms with Crippen molar-refractivity contribution in [2.24, 2.45) is 23.2 Å². The highest BCUT2D eigenvalue weighted by Gasteiger charge is 2.56. The summed E-state index contributed by atoms with van der Waals surface area (Å²) in [6.45, 7) is 6.57. The van der Waals surface area contributed by atoms with Crippen molar-refractivity contribution in [1.29, 1.82) is 0 Å². The highest BCUT2D eigenvalue weighted by atomic mass is 16.1. The Kier molecular flexibility index (Phi) is 1.25. The van der Waals surface area contributed by atoms with E-state index in [1.54, 1.807) is 0 Å². The molecule has 0 saturated heterocycles.